The van der Waals surface area contributed by atoms with Crippen molar-refractivity contribution in [2.24, 2.45) is 0 Å². The van der Waals surface area contributed by atoms with Gasteiger partial charge in [0.1, 0.15) is 0 Å². The third-order valence-corrected chi connectivity index (χ3v) is 3.49. The first-order chi connectivity index (χ1) is 8.58. The van der Waals surface area contributed by atoms with E-state index >= 15 is 0 Å². The Morgan fingerprint density at radius 2 is 2.11 bits per heavy atom. The Labute approximate surface area is 120 Å². The van der Waals surface area contributed by atoms with Gasteiger partial charge in [0, 0.05) is 26.7 Å². The first kappa shape index (κ1) is 13.2. The summed E-state index contributed by atoms with van der Waals surface area (Å²) in [6, 6.07) is 7.36. The number of rotatable bonds is 4. The first-order valence-corrected chi connectivity index (χ1v) is 6.65. The predicted octanol–water partition coefficient (Wildman–Crippen LogP) is 4.11. The lowest BCUT2D eigenvalue weighted by molar-refractivity contribution is 0.0661. The summed E-state index contributed by atoms with van der Waals surface area (Å²) in [5.74, 6) is -1.09. The lowest BCUT2D eigenvalue weighted by Crippen LogP contribution is -2.04. The van der Waals surface area contributed by atoms with E-state index in [1.54, 1.807) is 6.07 Å². The highest BCUT2D eigenvalue weighted by Crippen LogP contribution is 2.26. The normalized spacial score (nSPS) is 10.3. The maximum absolute atomic E-state index is 10.9. The van der Waals surface area contributed by atoms with Crippen LogP contribution in [0.15, 0.2) is 43.9 Å². The Hall–Kier alpha value is -1.27. The molecule has 94 valence electrons. The lowest BCUT2D eigenvalue weighted by atomic mass is 10.2. The molecule has 0 radical (unpaired) electrons. The van der Waals surface area contributed by atoms with Crippen LogP contribution in [0.1, 0.15) is 16.1 Å². The fourth-order valence-corrected chi connectivity index (χ4v) is 2.67. The van der Waals surface area contributed by atoms with Crippen molar-refractivity contribution in [3.63, 3.8) is 0 Å². The van der Waals surface area contributed by atoms with Crippen LogP contribution in [0.4, 0.5) is 5.69 Å². The molecule has 0 aliphatic heterocycles. The van der Waals surface area contributed by atoms with Gasteiger partial charge in [-0.2, -0.15) is 0 Å². The van der Waals surface area contributed by atoms with E-state index in [4.69, 9.17) is 9.52 Å². The number of carbonyl (C=O) groups is 1. The molecular weight excluding hydrogens is 366 g/mol. The van der Waals surface area contributed by atoms with Gasteiger partial charge in [0.2, 0.25) is 5.76 Å². The van der Waals surface area contributed by atoms with Crippen molar-refractivity contribution in [1.29, 1.82) is 0 Å². The van der Waals surface area contributed by atoms with E-state index in [-0.39, 0.29) is 5.76 Å². The molecule has 0 saturated carbocycles. The maximum atomic E-state index is 10.9. The zero-order valence-corrected chi connectivity index (χ0v) is 12.3. The molecule has 0 amide bonds. The van der Waals surface area contributed by atoms with Crippen molar-refractivity contribution in [2.75, 3.05) is 5.32 Å². The van der Waals surface area contributed by atoms with E-state index in [0.29, 0.717) is 12.1 Å². The first-order valence-electron chi connectivity index (χ1n) is 5.06. The van der Waals surface area contributed by atoms with Gasteiger partial charge < -0.3 is 14.8 Å². The zero-order valence-electron chi connectivity index (χ0n) is 9.11. The van der Waals surface area contributed by atoms with Crippen LogP contribution in [-0.4, -0.2) is 11.1 Å². The summed E-state index contributed by atoms with van der Waals surface area (Å²) in [5, 5.41) is 12.1. The fraction of sp³-hybridized carbons (Fsp3) is 0.0833. The van der Waals surface area contributed by atoms with Crippen LogP contribution in [0.25, 0.3) is 0 Å². The molecule has 0 saturated heterocycles. The third-order valence-electron chi connectivity index (χ3n) is 2.34. The van der Waals surface area contributed by atoms with Crippen molar-refractivity contribution < 1.29 is 14.3 Å². The van der Waals surface area contributed by atoms with Gasteiger partial charge >= 0.3 is 5.97 Å². The Morgan fingerprint density at radius 1 is 1.33 bits per heavy atom. The third kappa shape index (κ3) is 2.94. The minimum Gasteiger partial charge on any atom is -0.475 e. The molecule has 0 spiro atoms. The van der Waals surface area contributed by atoms with E-state index in [1.165, 1.54) is 6.26 Å². The van der Waals surface area contributed by atoms with E-state index in [9.17, 15) is 4.79 Å². The molecule has 0 unspecified atom stereocenters. The van der Waals surface area contributed by atoms with Crippen LogP contribution in [0.3, 0.4) is 0 Å². The second kappa shape index (κ2) is 5.58. The Balaban J connectivity index is 2.11. The number of carboxylic acids is 1. The van der Waals surface area contributed by atoms with Crippen molar-refractivity contribution in [3.05, 3.63) is 50.8 Å². The summed E-state index contributed by atoms with van der Waals surface area (Å²) < 4.78 is 6.77. The molecule has 2 aromatic rings. The van der Waals surface area contributed by atoms with Crippen LogP contribution in [0, 0.1) is 0 Å². The smallest absolute Gasteiger partial charge is 0.372 e. The molecule has 18 heavy (non-hydrogen) atoms. The molecule has 0 aliphatic rings. The number of benzene rings is 1. The molecule has 1 aromatic carbocycles. The van der Waals surface area contributed by atoms with Crippen LogP contribution in [-0.2, 0) is 6.54 Å². The number of furan rings is 1. The van der Waals surface area contributed by atoms with Gasteiger partial charge in [0.05, 0.1) is 6.26 Å². The highest BCUT2D eigenvalue weighted by atomic mass is 79.9. The van der Waals surface area contributed by atoms with Gasteiger partial charge in [-0.05, 0) is 40.2 Å². The minimum atomic E-state index is -1.06. The quantitative estimate of drug-likeness (QED) is 0.845. The monoisotopic (exact) mass is 373 g/mol. The molecular formula is C12H9Br2NO3. The second-order valence-electron chi connectivity index (χ2n) is 3.56. The number of anilines is 1. The van der Waals surface area contributed by atoms with Crippen molar-refractivity contribution in [2.45, 2.75) is 6.54 Å². The molecule has 0 fully saturated rings. The SMILES string of the molecule is O=C(O)c1occc1CNc1ccc(Br)cc1Br. The van der Waals surface area contributed by atoms with Gasteiger partial charge in [-0.25, -0.2) is 4.79 Å². The van der Waals surface area contributed by atoms with E-state index < -0.39 is 5.97 Å². The average Bonchev–Trinajstić information content (AvgIpc) is 2.76. The number of nitrogens with one attached hydrogen (secondary N) is 1. The molecule has 2 rings (SSSR count). The highest BCUT2D eigenvalue weighted by Gasteiger charge is 2.13. The van der Waals surface area contributed by atoms with E-state index in [0.717, 1.165) is 14.6 Å². The van der Waals surface area contributed by atoms with Crippen LogP contribution in [0.2, 0.25) is 0 Å². The highest BCUT2D eigenvalue weighted by molar-refractivity contribution is 9.11. The summed E-state index contributed by atoms with van der Waals surface area (Å²) in [7, 11) is 0. The predicted molar refractivity (Wildman–Crippen MR) is 74.8 cm³/mol. The van der Waals surface area contributed by atoms with Gasteiger partial charge in [0.15, 0.2) is 0 Å². The summed E-state index contributed by atoms with van der Waals surface area (Å²) >= 11 is 6.79. The minimum absolute atomic E-state index is 0.0317. The molecule has 1 aromatic heterocycles. The molecule has 6 heteroatoms. The van der Waals surface area contributed by atoms with Crippen LogP contribution < -0.4 is 5.32 Å². The molecule has 4 nitrogen and oxygen atoms in total. The van der Waals surface area contributed by atoms with Crippen molar-refractivity contribution in [3.8, 4) is 0 Å². The number of halogens is 2. The number of carboxylic acid groups (broad SMARTS) is 1. The van der Waals surface area contributed by atoms with E-state index in [1.807, 2.05) is 18.2 Å². The largest absolute Gasteiger partial charge is 0.475 e. The van der Waals surface area contributed by atoms with Gasteiger partial charge in [-0.3, -0.25) is 0 Å². The zero-order chi connectivity index (χ0) is 13.1. The molecule has 0 bridgehead atoms. The van der Waals surface area contributed by atoms with Crippen molar-refractivity contribution in [1.82, 2.24) is 0 Å². The molecule has 1 heterocycles. The maximum Gasteiger partial charge on any atom is 0.372 e. The van der Waals surface area contributed by atoms with Gasteiger partial charge in [-0.1, -0.05) is 15.9 Å². The second-order valence-corrected chi connectivity index (χ2v) is 5.33. The number of hydrogen-bond donors (Lipinski definition) is 2. The molecule has 0 atom stereocenters. The Bertz CT molecular complexity index is 580. The summed E-state index contributed by atoms with van der Waals surface area (Å²) in [4.78, 5) is 10.9. The van der Waals surface area contributed by atoms with Crippen LogP contribution in [0.5, 0.6) is 0 Å². The Kier molecular flexibility index (Phi) is 4.08. The number of aromatic carboxylic acids is 1. The summed E-state index contributed by atoms with van der Waals surface area (Å²) in [6.07, 6.45) is 1.37. The van der Waals surface area contributed by atoms with E-state index in [2.05, 4.69) is 37.2 Å². The Morgan fingerprint density at radius 3 is 2.78 bits per heavy atom. The fourth-order valence-electron chi connectivity index (χ4n) is 1.49. The lowest BCUT2D eigenvalue weighted by Gasteiger charge is -2.08. The van der Waals surface area contributed by atoms with Gasteiger partial charge in [0.25, 0.3) is 0 Å². The van der Waals surface area contributed by atoms with Crippen molar-refractivity contribution >= 4 is 43.5 Å². The van der Waals surface area contributed by atoms with Gasteiger partial charge in [-0.15, -0.1) is 0 Å². The topological polar surface area (TPSA) is 62.5 Å². The number of hydrogen-bond acceptors (Lipinski definition) is 3. The molecule has 2 N–H and O–H groups in total. The summed E-state index contributed by atoms with van der Waals surface area (Å²) in [6.45, 7) is 0.387. The van der Waals surface area contributed by atoms with Crippen LogP contribution >= 0.6 is 31.9 Å². The average molecular weight is 375 g/mol. The summed E-state index contributed by atoms with van der Waals surface area (Å²) in [5.41, 5.74) is 1.49. The standard InChI is InChI=1S/C12H9Br2NO3/c13-8-1-2-10(9(14)5-8)15-6-7-3-4-18-11(7)12(16)17/h1-5,15H,6H2,(H,16,17). The molecule has 0 aliphatic carbocycles.